The smallest absolute Gasteiger partial charge is 0.223 e. The fourth-order valence-corrected chi connectivity index (χ4v) is 5.01. The predicted octanol–water partition coefficient (Wildman–Crippen LogP) is 1.07. The second-order valence-corrected chi connectivity index (χ2v) is 9.45. The number of amides is 1. The summed E-state index contributed by atoms with van der Waals surface area (Å²) in [4.78, 5) is 16.7. The second-order valence-electron chi connectivity index (χ2n) is 7.65. The van der Waals surface area contributed by atoms with Crippen molar-refractivity contribution in [1.29, 1.82) is 0 Å². The number of piperidine rings is 1. The Bertz CT molecular complexity index is 720. The second kappa shape index (κ2) is 10.3. The summed E-state index contributed by atoms with van der Waals surface area (Å²) in [6.45, 7) is 5.82. The van der Waals surface area contributed by atoms with Crippen LogP contribution in [0.2, 0.25) is 0 Å². The highest BCUT2D eigenvalue weighted by molar-refractivity contribution is 7.88. The van der Waals surface area contributed by atoms with Crippen LogP contribution in [0.4, 0.5) is 0 Å². The number of carbonyl (C=O) groups excluding carboxylic acids is 1. The molecule has 156 valence electrons. The maximum atomic E-state index is 12.6. The van der Waals surface area contributed by atoms with Crippen LogP contribution in [-0.4, -0.2) is 76.6 Å². The van der Waals surface area contributed by atoms with E-state index >= 15 is 0 Å². The van der Waals surface area contributed by atoms with Gasteiger partial charge in [0.15, 0.2) is 0 Å². The minimum atomic E-state index is -3.37. The lowest BCUT2D eigenvalue weighted by Crippen LogP contribution is -2.45. The van der Waals surface area contributed by atoms with Gasteiger partial charge in [0.25, 0.3) is 0 Å². The molecule has 1 aromatic rings. The van der Waals surface area contributed by atoms with Gasteiger partial charge in [-0.2, -0.15) is 0 Å². The number of carbonyl (C=O) groups is 1. The maximum absolute atomic E-state index is 12.6. The largest absolute Gasteiger partial charge is 0.379 e. The zero-order chi connectivity index (χ0) is 19.8. The average Bonchev–Trinajstić information content (AvgIpc) is 2.72. The molecular formula is C20H31N3O4S. The molecule has 0 spiro atoms. The summed E-state index contributed by atoms with van der Waals surface area (Å²) < 4.78 is 32.7. The molecule has 0 radical (unpaired) electrons. The van der Waals surface area contributed by atoms with Crippen molar-refractivity contribution < 1.29 is 17.9 Å². The monoisotopic (exact) mass is 409 g/mol. The van der Waals surface area contributed by atoms with Crippen molar-refractivity contribution in [2.24, 2.45) is 5.92 Å². The van der Waals surface area contributed by atoms with Gasteiger partial charge in [0.2, 0.25) is 15.9 Å². The molecule has 2 fully saturated rings. The van der Waals surface area contributed by atoms with Gasteiger partial charge in [-0.3, -0.25) is 9.69 Å². The van der Waals surface area contributed by atoms with Crippen LogP contribution >= 0.6 is 0 Å². The number of likely N-dealkylation sites (tertiary alicyclic amines) is 1. The van der Waals surface area contributed by atoms with E-state index in [9.17, 15) is 13.2 Å². The third-order valence-electron chi connectivity index (χ3n) is 5.41. The van der Waals surface area contributed by atoms with Crippen LogP contribution in [0.1, 0.15) is 24.8 Å². The van der Waals surface area contributed by atoms with Crippen molar-refractivity contribution in [2.45, 2.75) is 25.0 Å². The summed E-state index contributed by atoms with van der Waals surface area (Å²) >= 11 is 0. The summed E-state index contributed by atoms with van der Waals surface area (Å²) in [5.74, 6) is 0.331. The normalized spacial score (nSPS) is 21.6. The number of rotatable bonds is 8. The molecular weight excluding hydrogens is 378 g/mol. The molecule has 2 saturated heterocycles. The van der Waals surface area contributed by atoms with Crippen molar-refractivity contribution in [3.63, 3.8) is 0 Å². The molecule has 8 heteroatoms. The van der Waals surface area contributed by atoms with Crippen LogP contribution in [0.15, 0.2) is 30.3 Å². The number of nitrogens with zero attached hydrogens (tertiary/aromatic N) is 2. The number of ether oxygens (including phenoxy) is 1. The summed E-state index contributed by atoms with van der Waals surface area (Å²) in [5, 5.41) is 0. The molecule has 1 unspecified atom stereocenters. The van der Waals surface area contributed by atoms with E-state index in [-0.39, 0.29) is 17.6 Å². The fourth-order valence-electron chi connectivity index (χ4n) is 3.78. The van der Waals surface area contributed by atoms with Crippen molar-refractivity contribution in [2.75, 3.05) is 52.5 Å². The minimum Gasteiger partial charge on any atom is -0.379 e. The Morgan fingerprint density at radius 3 is 2.64 bits per heavy atom. The molecule has 0 bridgehead atoms. The number of nitrogens with one attached hydrogen (secondary N) is 1. The molecule has 28 heavy (non-hydrogen) atoms. The van der Waals surface area contributed by atoms with E-state index in [0.717, 1.165) is 57.8 Å². The molecule has 0 aliphatic carbocycles. The van der Waals surface area contributed by atoms with E-state index in [0.29, 0.717) is 19.5 Å². The summed E-state index contributed by atoms with van der Waals surface area (Å²) in [7, 11) is -3.37. The Hall–Kier alpha value is -1.48. The van der Waals surface area contributed by atoms with Crippen molar-refractivity contribution in [3.05, 3.63) is 35.9 Å². The maximum Gasteiger partial charge on any atom is 0.223 e. The molecule has 1 aromatic carbocycles. The average molecular weight is 410 g/mol. The molecule has 7 nitrogen and oxygen atoms in total. The van der Waals surface area contributed by atoms with E-state index in [4.69, 9.17) is 4.74 Å². The van der Waals surface area contributed by atoms with Gasteiger partial charge < -0.3 is 9.64 Å². The molecule has 2 aliphatic heterocycles. The SMILES string of the molecule is O=C(CCN1CCOCC1)N1CCCC(CNS(=O)(=O)Cc2ccccc2)C1. The molecule has 1 N–H and O–H groups in total. The molecule has 2 aliphatic rings. The standard InChI is InChI=1S/C20H31N3O4S/c24-20(8-10-22-11-13-27-14-12-22)23-9-4-7-19(16-23)15-21-28(25,26)17-18-5-2-1-3-6-18/h1-3,5-6,19,21H,4,7-17H2. The number of sulfonamides is 1. The fraction of sp³-hybridized carbons (Fsp3) is 0.650. The van der Waals surface area contributed by atoms with Crippen LogP contribution in [-0.2, 0) is 25.3 Å². The van der Waals surface area contributed by atoms with E-state index in [1.807, 2.05) is 35.2 Å². The van der Waals surface area contributed by atoms with Gasteiger partial charge in [0.1, 0.15) is 0 Å². The Morgan fingerprint density at radius 2 is 1.89 bits per heavy atom. The number of hydrogen-bond acceptors (Lipinski definition) is 5. The zero-order valence-corrected chi connectivity index (χ0v) is 17.2. The van der Waals surface area contributed by atoms with Crippen LogP contribution < -0.4 is 4.72 Å². The molecule has 1 amide bonds. The summed E-state index contributed by atoms with van der Waals surface area (Å²) in [6.07, 6.45) is 2.39. The van der Waals surface area contributed by atoms with E-state index in [1.165, 1.54) is 0 Å². The van der Waals surface area contributed by atoms with Crippen molar-refractivity contribution in [1.82, 2.24) is 14.5 Å². The van der Waals surface area contributed by atoms with E-state index < -0.39 is 10.0 Å². The van der Waals surface area contributed by atoms with Crippen molar-refractivity contribution >= 4 is 15.9 Å². The van der Waals surface area contributed by atoms with Gasteiger partial charge in [-0.05, 0) is 24.3 Å². The summed E-state index contributed by atoms with van der Waals surface area (Å²) in [6, 6.07) is 9.18. The summed E-state index contributed by atoms with van der Waals surface area (Å²) in [5.41, 5.74) is 0.776. The first-order chi connectivity index (χ1) is 13.5. The highest BCUT2D eigenvalue weighted by Gasteiger charge is 2.25. The first-order valence-corrected chi connectivity index (χ1v) is 11.8. The lowest BCUT2D eigenvalue weighted by atomic mass is 9.98. The number of benzene rings is 1. The van der Waals surface area contributed by atoms with Gasteiger partial charge in [-0.1, -0.05) is 30.3 Å². The Balaban J connectivity index is 1.42. The Labute approximate surface area is 168 Å². The van der Waals surface area contributed by atoms with Crippen LogP contribution in [0.5, 0.6) is 0 Å². The molecule has 2 heterocycles. The Morgan fingerprint density at radius 1 is 1.14 bits per heavy atom. The van der Waals surface area contributed by atoms with Gasteiger partial charge in [0.05, 0.1) is 19.0 Å². The zero-order valence-electron chi connectivity index (χ0n) is 16.4. The molecule has 3 rings (SSSR count). The van der Waals surface area contributed by atoms with Gasteiger partial charge in [-0.15, -0.1) is 0 Å². The van der Waals surface area contributed by atoms with Crippen molar-refractivity contribution in [3.8, 4) is 0 Å². The van der Waals surface area contributed by atoms with E-state index in [2.05, 4.69) is 9.62 Å². The topological polar surface area (TPSA) is 79.0 Å². The third kappa shape index (κ3) is 6.84. The number of hydrogen-bond donors (Lipinski definition) is 1. The number of morpholine rings is 1. The highest BCUT2D eigenvalue weighted by Crippen LogP contribution is 2.17. The lowest BCUT2D eigenvalue weighted by Gasteiger charge is -2.34. The minimum absolute atomic E-state index is 0.0112. The van der Waals surface area contributed by atoms with Gasteiger partial charge in [0, 0.05) is 45.7 Å². The van der Waals surface area contributed by atoms with Crippen LogP contribution in [0, 0.1) is 5.92 Å². The first-order valence-electron chi connectivity index (χ1n) is 10.1. The highest BCUT2D eigenvalue weighted by atomic mass is 32.2. The molecule has 1 atom stereocenters. The van der Waals surface area contributed by atoms with Gasteiger partial charge >= 0.3 is 0 Å². The van der Waals surface area contributed by atoms with E-state index in [1.54, 1.807) is 0 Å². The van der Waals surface area contributed by atoms with Gasteiger partial charge in [-0.25, -0.2) is 13.1 Å². The predicted molar refractivity (Wildman–Crippen MR) is 108 cm³/mol. The first kappa shape index (κ1) is 21.2. The molecule has 0 aromatic heterocycles. The van der Waals surface area contributed by atoms with Crippen LogP contribution in [0.25, 0.3) is 0 Å². The van der Waals surface area contributed by atoms with Crippen LogP contribution in [0.3, 0.4) is 0 Å². The lowest BCUT2D eigenvalue weighted by molar-refractivity contribution is -0.133. The third-order valence-corrected chi connectivity index (χ3v) is 6.73. The molecule has 0 saturated carbocycles. The quantitative estimate of drug-likeness (QED) is 0.695. The Kier molecular flexibility index (Phi) is 7.84.